The zero-order valence-corrected chi connectivity index (χ0v) is 20.1. The summed E-state index contributed by atoms with van der Waals surface area (Å²) in [5, 5.41) is 4.17. The number of nitrogens with zero attached hydrogens (tertiary/aromatic N) is 3. The minimum absolute atomic E-state index is 0.384. The van der Waals surface area contributed by atoms with Crippen molar-refractivity contribution in [3.63, 3.8) is 0 Å². The normalized spacial score (nSPS) is 13.8. The molecule has 0 unspecified atom stereocenters. The van der Waals surface area contributed by atoms with Gasteiger partial charge in [0.15, 0.2) is 0 Å². The monoisotopic (exact) mass is 472 g/mol. The van der Waals surface area contributed by atoms with Crippen molar-refractivity contribution in [3.05, 3.63) is 28.9 Å². The zero-order chi connectivity index (χ0) is 23.4. The smallest absolute Gasteiger partial charge is 0.348 e. The fourth-order valence-corrected chi connectivity index (χ4v) is 4.89. The number of aromatic nitrogens is 2. The van der Waals surface area contributed by atoms with Gasteiger partial charge in [0, 0.05) is 25.2 Å². The molecule has 1 aliphatic rings. The minimum atomic E-state index is -0.384. The summed E-state index contributed by atoms with van der Waals surface area (Å²) in [6.45, 7) is 9.75. The Bertz CT molecular complexity index is 1140. The van der Waals surface area contributed by atoms with E-state index >= 15 is 0 Å². The fourth-order valence-electron chi connectivity index (χ4n) is 3.83. The first-order valence-corrected chi connectivity index (χ1v) is 11.7. The van der Waals surface area contributed by atoms with Crippen LogP contribution in [0.15, 0.2) is 18.5 Å². The molecule has 1 saturated heterocycles. The Kier molecular flexibility index (Phi) is 7.14. The number of rotatable bonds is 8. The topological polar surface area (TPSA) is 95.0 Å². The molecule has 33 heavy (non-hydrogen) atoms. The second kappa shape index (κ2) is 10.2. The molecular weight excluding hydrogens is 444 g/mol. The maximum Gasteiger partial charge on any atom is 0.348 e. The molecule has 1 N–H and O–H groups in total. The Balaban J connectivity index is 1.78. The number of methoxy groups -OCH3 is 1. The van der Waals surface area contributed by atoms with Gasteiger partial charge in [-0.3, -0.25) is 0 Å². The molecule has 1 aliphatic heterocycles. The van der Waals surface area contributed by atoms with E-state index in [0.717, 1.165) is 41.2 Å². The van der Waals surface area contributed by atoms with Crippen LogP contribution in [0.25, 0.3) is 10.2 Å². The van der Waals surface area contributed by atoms with Crippen LogP contribution in [0, 0.1) is 6.92 Å². The number of carbonyl (C=O) groups is 1. The van der Waals surface area contributed by atoms with E-state index < -0.39 is 0 Å². The van der Waals surface area contributed by atoms with E-state index in [2.05, 4.69) is 20.2 Å². The highest BCUT2D eigenvalue weighted by atomic mass is 32.1. The number of thiophene rings is 1. The van der Waals surface area contributed by atoms with Gasteiger partial charge in [-0.2, -0.15) is 0 Å². The van der Waals surface area contributed by atoms with E-state index in [0.29, 0.717) is 47.7 Å². The van der Waals surface area contributed by atoms with Crippen LogP contribution in [-0.2, 0) is 9.47 Å². The molecule has 1 aromatic carbocycles. The van der Waals surface area contributed by atoms with Crippen molar-refractivity contribution in [1.29, 1.82) is 0 Å². The van der Waals surface area contributed by atoms with E-state index in [1.165, 1.54) is 24.8 Å². The standard InChI is InChI=1S/C23H28N4O5S/c1-5-31-17-12-16(27-7-9-30-10-8-27)18(32-6-2)11-15(17)26-21-19-14(3)20(23(28)29-4)33-22(19)25-13-24-21/h11-13H,5-10H2,1-4H3,(H,24,25,26). The second-order valence-electron chi connectivity index (χ2n) is 7.36. The van der Waals surface area contributed by atoms with Gasteiger partial charge in [-0.1, -0.05) is 0 Å². The summed E-state index contributed by atoms with van der Waals surface area (Å²) < 4.78 is 22.4. The van der Waals surface area contributed by atoms with Crippen LogP contribution in [0.2, 0.25) is 0 Å². The van der Waals surface area contributed by atoms with Gasteiger partial charge in [-0.15, -0.1) is 11.3 Å². The van der Waals surface area contributed by atoms with Gasteiger partial charge >= 0.3 is 5.97 Å². The molecule has 176 valence electrons. The van der Waals surface area contributed by atoms with Gasteiger partial charge in [-0.05, 0) is 26.3 Å². The lowest BCUT2D eigenvalue weighted by molar-refractivity contribution is 0.0605. The number of anilines is 3. The summed E-state index contributed by atoms with van der Waals surface area (Å²) >= 11 is 1.29. The first-order valence-electron chi connectivity index (χ1n) is 10.9. The second-order valence-corrected chi connectivity index (χ2v) is 8.36. The molecule has 0 radical (unpaired) electrons. The molecular formula is C23H28N4O5S. The summed E-state index contributed by atoms with van der Waals surface area (Å²) in [5.74, 6) is 1.65. The van der Waals surface area contributed by atoms with Crippen LogP contribution in [-0.4, -0.2) is 62.6 Å². The molecule has 1 fully saturated rings. The molecule has 3 heterocycles. The molecule has 0 saturated carbocycles. The van der Waals surface area contributed by atoms with Gasteiger partial charge in [0.2, 0.25) is 0 Å². The number of fused-ring (bicyclic) bond motifs is 1. The summed E-state index contributed by atoms with van der Waals surface area (Å²) in [4.78, 5) is 24.5. The minimum Gasteiger partial charge on any atom is -0.492 e. The summed E-state index contributed by atoms with van der Waals surface area (Å²) in [5.41, 5.74) is 2.47. The third-order valence-electron chi connectivity index (χ3n) is 5.36. The maximum atomic E-state index is 12.2. The van der Waals surface area contributed by atoms with Crippen LogP contribution in [0.3, 0.4) is 0 Å². The number of ether oxygens (including phenoxy) is 4. The van der Waals surface area contributed by atoms with Gasteiger partial charge in [-0.25, -0.2) is 14.8 Å². The molecule has 0 spiro atoms. The molecule has 0 aliphatic carbocycles. The number of morpholine rings is 1. The molecule has 4 rings (SSSR count). The van der Waals surface area contributed by atoms with Crippen molar-refractivity contribution in [1.82, 2.24) is 9.97 Å². The number of esters is 1. The highest BCUT2D eigenvalue weighted by Gasteiger charge is 2.23. The average Bonchev–Trinajstić information content (AvgIpc) is 3.18. The predicted molar refractivity (Wildman–Crippen MR) is 129 cm³/mol. The summed E-state index contributed by atoms with van der Waals surface area (Å²) in [6.07, 6.45) is 1.48. The third-order valence-corrected chi connectivity index (χ3v) is 6.54. The van der Waals surface area contributed by atoms with Gasteiger partial charge < -0.3 is 29.2 Å². The Morgan fingerprint density at radius 3 is 2.58 bits per heavy atom. The SMILES string of the molecule is CCOc1cc(N2CCOCC2)c(OCC)cc1Nc1ncnc2sc(C(=O)OC)c(C)c12. The Hall–Kier alpha value is -3.11. The van der Waals surface area contributed by atoms with Crippen molar-refractivity contribution in [3.8, 4) is 11.5 Å². The van der Waals surface area contributed by atoms with Gasteiger partial charge in [0.05, 0.1) is 50.3 Å². The van der Waals surface area contributed by atoms with Crippen molar-refractivity contribution < 1.29 is 23.7 Å². The van der Waals surface area contributed by atoms with E-state index in [9.17, 15) is 4.79 Å². The van der Waals surface area contributed by atoms with E-state index in [1.807, 2.05) is 32.9 Å². The third kappa shape index (κ3) is 4.67. The number of nitrogens with one attached hydrogen (secondary N) is 1. The molecule has 0 atom stereocenters. The lowest BCUT2D eigenvalue weighted by Gasteiger charge is -2.31. The molecule has 0 amide bonds. The van der Waals surface area contributed by atoms with Crippen LogP contribution in [0.5, 0.6) is 11.5 Å². The Labute approximate surface area is 196 Å². The zero-order valence-electron chi connectivity index (χ0n) is 19.3. The molecule has 2 aromatic heterocycles. The quantitative estimate of drug-likeness (QED) is 0.485. The number of carbonyl (C=O) groups excluding carboxylic acids is 1. The number of hydrogen-bond donors (Lipinski definition) is 1. The Morgan fingerprint density at radius 1 is 1.15 bits per heavy atom. The summed E-state index contributed by atoms with van der Waals surface area (Å²) in [7, 11) is 1.37. The largest absolute Gasteiger partial charge is 0.492 e. The van der Waals surface area contributed by atoms with Crippen molar-refractivity contribution in [2.24, 2.45) is 0 Å². The average molecular weight is 473 g/mol. The van der Waals surface area contributed by atoms with Crippen LogP contribution >= 0.6 is 11.3 Å². The lowest BCUT2D eigenvalue weighted by atomic mass is 10.1. The van der Waals surface area contributed by atoms with Crippen LogP contribution < -0.4 is 19.7 Å². The first kappa shape index (κ1) is 23.1. The fraction of sp³-hybridized carbons (Fsp3) is 0.435. The van der Waals surface area contributed by atoms with Crippen molar-refractivity contribution in [2.45, 2.75) is 20.8 Å². The predicted octanol–water partition coefficient (Wildman–Crippen LogP) is 4.16. The summed E-state index contributed by atoms with van der Waals surface area (Å²) in [6, 6.07) is 3.94. The van der Waals surface area contributed by atoms with E-state index in [4.69, 9.17) is 18.9 Å². The van der Waals surface area contributed by atoms with Crippen LogP contribution in [0.1, 0.15) is 29.1 Å². The molecule has 3 aromatic rings. The molecule has 9 nitrogen and oxygen atoms in total. The first-order chi connectivity index (χ1) is 16.1. The number of benzene rings is 1. The van der Waals surface area contributed by atoms with E-state index in [-0.39, 0.29) is 5.97 Å². The number of aryl methyl sites for hydroxylation is 1. The molecule has 10 heteroatoms. The van der Waals surface area contributed by atoms with Crippen LogP contribution in [0.4, 0.5) is 17.2 Å². The number of hydrogen-bond acceptors (Lipinski definition) is 10. The van der Waals surface area contributed by atoms with Crippen molar-refractivity contribution in [2.75, 3.05) is 56.8 Å². The highest BCUT2D eigenvalue weighted by Crippen LogP contribution is 2.42. The van der Waals surface area contributed by atoms with E-state index in [1.54, 1.807) is 0 Å². The maximum absolute atomic E-state index is 12.2. The lowest BCUT2D eigenvalue weighted by Crippen LogP contribution is -2.36. The van der Waals surface area contributed by atoms with Gasteiger partial charge in [0.1, 0.15) is 33.4 Å². The Morgan fingerprint density at radius 2 is 1.88 bits per heavy atom. The highest BCUT2D eigenvalue weighted by molar-refractivity contribution is 7.20. The van der Waals surface area contributed by atoms with Crippen molar-refractivity contribution >= 4 is 44.7 Å². The van der Waals surface area contributed by atoms with Gasteiger partial charge in [0.25, 0.3) is 0 Å². The molecule has 0 bridgehead atoms.